The van der Waals surface area contributed by atoms with E-state index in [-0.39, 0.29) is 5.91 Å². The Balaban J connectivity index is 2.64. The van der Waals surface area contributed by atoms with Gasteiger partial charge >= 0.3 is 0 Å². The van der Waals surface area contributed by atoms with Crippen molar-refractivity contribution in [1.29, 1.82) is 0 Å². The number of carbonyl (C=O) groups is 1. The second kappa shape index (κ2) is 6.47. The number of thioether (sulfide) groups is 1. The van der Waals surface area contributed by atoms with E-state index in [9.17, 15) is 4.79 Å². The molecule has 16 heavy (non-hydrogen) atoms. The minimum absolute atomic E-state index is 0.334. The molecule has 5 nitrogen and oxygen atoms in total. The van der Waals surface area contributed by atoms with Crippen LogP contribution < -0.4 is 17.0 Å². The van der Waals surface area contributed by atoms with Crippen molar-refractivity contribution in [3.05, 3.63) is 29.6 Å². The molecule has 0 aliphatic heterocycles. The molecule has 5 N–H and O–H groups in total. The molecule has 0 spiro atoms. The van der Waals surface area contributed by atoms with Gasteiger partial charge in [-0.05, 0) is 12.1 Å². The number of nitrogens with two attached hydrogens (primary N) is 2. The Morgan fingerprint density at radius 1 is 1.62 bits per heavy atom. The third kappa shape index (κ3) is 3.80. The van der Waals surface area contributed by atoms with Crippen molar-refractivity contribution in [1.82, 2.24) is 10.4 Å². The molecule has 1 aromatic heterocycles. The maximum absolute atomic E-state index is 11.2. The summed E-state index contributed by atoms with van der Waals surface area (Å²) in [6.45, 7) is 2.69. The Bertz CT molecular complexity index is 358. The van der Waals surface area contributed by atoms with Crippen LogP contribution >= 0.6 is 11.8 Å². The van der Waals surface area contributed by atoms with Crippen LogP contribution in [-0.4, -0.2) is 22.7 Å². The van der Waals surface area contributed by atoms with Gasteiger partial charge < -0.3 is 5.73 Å². The lowest BCUT2D eigenvalue weighted by Crippen LogP contribution is -2.30. The number of amides is 1. The lowest BCUT2D eigenvalue weighted by atomic mass is 10.3. The predicted octanol–water partition coefficient (Wildman–Crippen LogP) is 0.266. The summed E-state index contributed by atoms with van der Waals surface area (Å²) < 4.78 is 0. The molecule has 1 amide bonds. The van der Waals surface area contributed by atoms with Crippen molar-refractivity contribution in [2.75, 3.05) is 6.54 Å². The number of nitrogen functional groups attached to an aromatic ring is 1. The quantitative estimate of drug-likeness (QED) is 0.390. The number of aromatic nitrogens is 1. The van der Waals surface area contributed by atoms with Gasteiger partial charge in [-0.3, -0.25) is 10.2 Å². The summed E-state index contributed by atoms with van der Waals surface area (Å²) >= 11 is 1.71. The zero-order chi connectivity index (χ0) is 12.0. The third-order valence-electron chi connectivity index (χ3n) is 2.02. The summed E-state index contributed by atoms with van der Waals surface area (Å²) in [5, 5.41) is 0.383. The van der Waals surface area contributed by atoms with Crippen molar-refractivity contribution >= 4 is 17.7 Å². The summed E-state index contributed by atoms with van der Waals surface area (Å²) in [4.78, 5) is 15.4. The van der Waals surface area contributed by atoms with Gasteiger partial charge in [0.2, 0.25) is 0 Å². The Hall–Kier alpha value is -1.11. The fraction of sp³-hybridized carbons (Fsp3) is 0.400. The van der Waals surface area contributed by atoms with Crippen molar-refractivity contribution in [3.63, 3.8) is 0 Å². The summed E-state index contributed by atoms with van der Waals surface area (Å²) in [6, 6.07) is 5.30. The van der Waals surface area contributed by atoms with Crippen LogP contribution in [0.1, 0.15) is 23.1 Å². The first-order valence-corrected chi connectivity index (χ1v) is 6.00. The molecule has 0 radical (unpaired) electrons. The van der Waals surface area contributed by atoms with Crippen LogP contribution in [0.2, 0.25) is 0 Å². The van der Waals surface area contributed by atoms with Crippen molar-refractivity contribution in [2.45, 2.75) is 17.9 Å². The molecule has 0 aliphatic carbocycles. The first-order valence-electron chi connectivity index (χ1n) is 4.96. The minimum Gasteiger partial charge on any atom is -0.329 e. The van der Waals surface area contributed by atoms with E-state index in [1.165, 1.54) is 0 Å². The van der Waals surface area contributed by atoms with E-state index in [1.807, 2.05) is 6.07 Å². The van der Waals surface area contributed by atoms with Gasteiger partial charge in [0.1, 0.15) is 5.69 Å². The average Bonchev–Trinajstić information content (AvgIpc) is 2.35. The third-order valence-corrected chi connectivity index (χ3v) is 3.24. The number of rotatable bonds is 5. The largest absolute Gasteiger partial charge is 0.329 e. The van der Waals surface area contributed by atoms with Crippen LogP contribution in [-0.2, 0) is 5.75 Å². The molecule has 88 valence electrons. The van der Waals surface area contributed by atoms with Crippen LogP contribution in [0.15, 0.2) is 18.2 Å². The molecule has 1 rings (SSSR count). The number of hydrogen-bond acceptors (Lipinski definition) is 5. The zero-order valence-corrected chi connectivity index (χ0v) is 9.96. The Kier molecular flexibility index (Phi) is 5.24. The number of nitrogens with one attached hydrogen (secondary N) is 1. The van der Waals surface area contributed by atoms with Crippen molar-refractivity contribution in [3.8, 4) is 0 Å². The topological polar surface area (TPSA) is 94.0 Å². The SMILES string of the molecule is CC(CN)SCc1cccc(C(=O)NN)n1. The van der Waals surface area contributed by atoms with E-state index in [0.29, 0.717) is 17.5 Å². The Morgan fingerprint density at radius 2 is 2.38 bits per heavy atom. The van der Waals surface area contributed by atoms with Crippen molar-refractivity contribution in [2.24, 2.45) is 11.6 Å². The predicted molar refractivity (Wildman–Crippen MR) is 65.7 cm³/mol. The number of nitrogens with zero attached hydrogens (tertiary/aromatic N) is 1. The molecular weight excluding hydrogens is 224 g/mol. The number of pyridine rings is 1. The van der Waals surface area contributed by atoms with Crippen LogP contribution in [0.3, 0.4) is 0 Å². The van der Waals surface area contributed by atoms with Crippen LogP contribution in [0.5, 0.6) is 0 Å². The molecule has 0 aromatic carbocycles. The monoisotopic (exact) mass is 240 g/mol. The van der Waals surface area contributed by atoms with Gasteiger partial charge in [-0.2, -0.15) is 11.8 Å². The first-order chi connectivity index (χ1) is 7.67. The van der Waals surface area contributed by atoms with Crippen LogP contribution in [0.4, 0.5) is 0 Å². The zero-order valence-electron chi connectivity index (χ0n) is 9.14. The molecule has 6 heteroatoms. The summed E-state index contributed by atoms with van der Waals surface area (Å²) in [5.74, 6) is 5.40. The van der Waals surface area contributed by atoms with Crippen LogP contribution in [0.25, 0.3) is 0 Å². The lowest BCUT2D eigenvalue weighted by molar-refractivity contribution is 0.0948. The molecule has 0 bridgehead atoms. The van der Waals surface area contributed by atoms with E-state index in [2.05, 4.69) is 17.3 Å². The van der Waals surface area contributed by atoms with Gasteiger partial charge in [-0.1, -0.05) is 13.0 Å². The minimum atomic E-state index is -0.376. The first kappa shape index (κ1) is 13.0. The maximum atomic E-state index is 11.2. The molecule has 1 unspecified atom stereocenters. The second-order valence-corrected chi connectivity index (χ2v) is 4.77. The summed E-state index contributed by atoms with van der Waals surface area (Å²) in [5.41, 5.74) is 8.76. The molecule has 0 saturated carbocycles. The summed E-state index contributed by atoms with van der Waals surface area (Å²) in [7, 11) is 0. The summed E-state index contributed by atoms with van der Waals surface area (Å²) in [6.07, 6.45) is 0. The highest BCUT2D eigenvalue weighted by atomic mass is 32.2. The van der Waals surface area contributed by atoms with E-state index in [1.54, 1.807) is 23.9 Å². The van der Waals surface area contributed by atoms with Crippen LogP contribution in [0, 0.1) is 0 Å². The Labute approximate surface area is 99.0 Å². The number of hydrogen-bond donors (Lipinski definition) is 3. The highest BCUT2D eigenvalue weighted by molar-refractivity contribution is 7.99. The van der Waals surface area contributed by atoms with E-state index in [4.69, 9.17) is 11.6 Å². The number of hydrazine groups is 1. The van der Waals surface area contributed by atoms with Gasteiger partial charge in [-0.25, -0.2) is 10.8 Å². The smallest absolute Gasteiger partial charge is 0.283 e. The molecule has 0 aliphatic rings. The second-order valence-electron chi connectivity index (χ2n) is 3.34. The standard InChI is InChI=1S/C10H16N4OS/c1-7(5-11)16-6-8-3-2-4-9(13-8)10(15)14-12/h2-4,7H,5-6,11-12H2,1H3,(H,14,15). The van der Waals surface area contributed by atoms with Gasteiger partial charge in [-0.15, -0.1) is 0 Å². The Morgan fingerprint density at radius 3 is 3.00 bits per heavy atom. The van der Waals surface area contributed by atoms with Gasteiger partial charge in [0, 0.05) is 17.5 Å². The molecule has 1 heterocycles. The van der Waals surface area contributed by atoms with E-state index < -0.39 is 0 Å². The normalized spacial score (nSPS) is 12.2. The van der Waals surface area contributed by atoms with Gasteiger partial charge in [0.15, 0.2) is 0 Å². The fourth-order valence-electron chi connectivity index (χ4n) is 1.06. The number of carbonyl (C=O) groups excluding carboxylic acids is 1. The molecular formula is C10H16N4OS. The lowest BCUT2D eigenvalue weighted by Gasteiger charge is -2.08. The highest BCUT2D eigenvalue weighted by Crippen LogP contribution is 2.15. The van der Waals surface area contributed by atoms with Gasteiger partial charge in [0.05, 0.1) is 5.69 Å². The molecule has 0 fully saturated rings. The average molecular weight is 240 g/mol. The fourth-order valence-corrected chi connectivity index (χ4v) is 1.81. The van der Waals surface area contributed by atoms with E-state index >= 15 is 0 Å². The highest BCUT2D eigenvalue weighted by Gasteiger charge is 2.07. The van der Waals surface area contributed by atoms with Crippen molar-refractivity contribution < 1.29 is 4.79 Å². The molecule has 1 atom stereocenters. The van der Waals surface area contributed by atoms with E-state index in [0.717, 1.165) is 11.4 Å². The molecule has 1 aromatic rings. The van der Waals surface area contributed by atoms with Gasteiger partial charge in [0.25, 0.3) is 5.91 Å². The maximum Gasteiger partial charge on any atom is 0.283 e. The molecule has 0 saturated heterocycles.